The first-order valence-electron chi connectivity index (χ1n) is 6.26. The average molecular weight is 375 g/mol. The first-order chi connectivity index (χ1) is 10.5. The quantitative estimate of drug-likeness (QED) is 0.686. The molecule has 2 amide bonds. The smallest absolute Gasteiger partial charge is 0.233 e. The van der Waals surface area contributed by atoms with Crippen molar-refractivity contribution < 1.29 is 9.59 Å². The Labute approximate surface area is 144 Å². The van der Waals surface area contributed by atoms with Crippen molar-refractivity contribution in [3.05, 3.63) is 22.4 Å². The molecule has 0 aliphatic rings. The van der Waals surface area contributed by atoms with Crippen LogP contribution in [0.4, 0.5) is 0 Å². The molecule has 2 aromatic heterocycles. The summed E-state index contributed by atoms with van der Waals surface area (Å²) in [4.78, 5) is 23.9. The van der Waals surface area contributed by atoms with Crippen LogP contribution in [-0.2, 0) is 16.1 Å². The second-order valence-corrected chi connectivity index (χ2v) is 8.97. The zero-order valence-electron chi connectivity index (χ0n) is 11.6. The number of nitrogens with two attached hydrogens (primary N) is 1. The zero-order chi connectivity index (χ0) is 15.9. The van der Waals surface area contributed by atoms with Crippen molar-refractivity contribution in [3.8, 4) is 0 Å². The van der Waals surface area contributed by atoms with Crippen LogP contribution in [0, 0.1) is 0 Å². The van der Waals surface area contributed by atoms with Crippen LogP contribution in [0.25, 0.3) is 0 Å². The minimum atomic E-state index is -0.393. The van der Waals surface area contributed by atoms with E-state index in [1.54, 1.807) is 11.3 Å². The molecule has 0 bridgehead atoms. The topological polar surface area (TPSA) is 98.0 Å². The Morgan fingerprint density at radius 3 is 2.86 bits per heavy atom. The van der Waals surface area contributed by atoms with Gasteiger partial charge in [-0.05, 0) is 18.4 Å². The second-order valence-electron chi connectivity index (χ2n) is 4.15. The highest BCUT2D eigenvalue weighted by atomic mass is 32.2. The van der Waals surface area contributed by atoms with E-state index in [1.807, 2.05) is 24.4 Å². The minimum Gasteiger partial charge on any atom is -0.369 e. The van der Waals surface area contributed by atoms with E-state index in [2.05, 4.69) is 15.5 Å². The number of amides is 2. The summed E-state index contributed by atoms with van der Waals surface area (Å²) in [5, 5.41) is 12.6. The summed E-state index contributed by atoms with van der Waals surface area (Å²) in [7, 11) is 0. The first-order valence-corrected chi connectivity index (χ1v) is 9.82. The van der Waals surface area contributed by atoms with Crippen LogP contribution in [-0.4, -0.2) is 33.0 Å². The lowest BCUT2D eigenvalue weighted by Gasteiger charge is -2.09. The van der Waals surface area contributed by atoms with Gasteiger partial charge in [-0.2, -0.15) is 0 Å². The van der Waals surface area contributed by atoms with E-state index in [4.69, 9.17) is 5.73 Å². The van der Waals surface area contributed by atoms with Gasteiger partial charge in [-0.15, -0.1) is 21.5 Å². The van der Waals surface area contributed by atoms with Crippen LogP contribution in [0.5, 0.6) is 0 Å². The predicted molar refractivity (Wildman–Crippen MR) is 91.3 cm³/mol. The van der Waals surface area contributed by atoms with Crippen molar-refractivity contribution in [2.75, 3.05) is 5.75 Å². The summed E-state index contributed by atoms with van der Waals surface area (Å²) >= 11 is 5.57. The van der Waals surface area contributed by atoms with Gasteiger partial charge < -0.3 is 11.1 Å². The van der Waals surface area contributed by atoms with Gasteiger partial charge in [0.15, 0.2) is 8.68 Å². The van der Waals surface area contributed by atoms with Crippen molar-refractivity contribution >= 4 is 58.0 Å². The molecule has 0 radical (unpaired) electrons. The van der Waals surface area contributed by atoms with Gasteiger partial charge in [-0.1, -0.05) is 40.9 Å². The van der Waals surface area contributed by atoms with E-state index < -0.39 is 5.91 Å². The molecule has 0 spiro atoms. The molecule has 6 nitrogen and oxygen atoms in total. The molecule has 0 saturated heterocycles. The molecule has 0 saturated carbocycles. The minimum absolute atomic E-state index is 0.0417. The maximum atomic E-state index is 12.0. The molecule has 2 aromatic rings. The number of rotatable bonds is 8. The summed E-state index contributed by atoms with van der Waals surface area (Å²) in [6.07, 6.45) is 0. The Hall–Kier alpha value is -1.10. The Morgan fingerprint density at radius 1 is 1.41 bits per heavy atom. The number of carbonyl (C=O) groups is 2. The summed E-state index contributed by atoms with van der Waals surface area (Å²) < 4.78 is 1.37. The molecular formula is C12H14N4O2S4. The SMILES string of the molecule is CC(Sc1nnc(SCC(N)=O)s1)C(=O)NCc1cccs1. The third-order valence-electron chi connectivity index (χ3n) is 2.39. The van der Waals surface area contributed by atoms with Crippen molar-refractivity contribution in [1.29, 1.82) is 0 Å². The third kappa shape index (κ3) is 5.59. The fourth-order valence-electron chi connectivity index (χ4n) is 1.37. The van der Waals surface area contributed by atoms with Gasteiger partial charge in [0.05, 0.1) is 17.5 Å². The number of nitrogens with zero attached hydrogens (tertiary/aromatic N) is 2. The Kier molecular flexibility index (Phi) is 6.68. The van der Waals surface area contributed by atoms with Crippen LogP contribution in [0.15, 0.2) is 26.2 Å². The van der Waals surface area contributed by atoms with E-state index in [9.17, 15) is 9.59 Å². The molecule has 0 aromatic carbocycles. The maximum Gasteiger partial charge on any atom is 0.233 e. The number of hydrogen-bond acceptors (Lipinski definition) is 8. The van der Waals surface area contributed by atoms with Crippen LogP contribution in [0.3, 0.4) is 0 Å². The van der Waals surface area contributed by atoms with Crippen LogP contribution >= 0.6 is 46.2 Å². The highest BCUT2D eigenvalue weighted by Gasteiger charge is 2.17. The molecule has 118 valence electrons. The van der Waals surface area contributed by atoms with Gasteiger partial charge in [-0.3, -0.25) is 9.59 Å². The monoisotopic (exact) mass is 374 g/mol. The highest BCUT2D eigenvalue weighted by Crippen LogP contribution is 2.31. The molecule has 2 rings (SSSR count). The summed E-state index contributed by atoms with van der Waals surface area (Å²) in [6.45, 7) is 2.36. The molecule has 1 atom stereocenters. The van der Waals surface area contributed by atoms with E-state index in [0.29, 0.717) is 15.2 Å². The fourth-order valence-corrected chi connectivity index (χ4v) is 4.94. The highest BCUT2D eigenvalue weighted by molar-refractivity contribution is 8.04. The molecule has 0 aliphatic heterocycles. The van der Waals surface area contributed by atoms with E-state index in [0.717, 1.165) is 4.88 Å². The summed E-state index contributed by atoms with van der Waals surface area (Å²) in [6, 6.07) is 3.94. The lowest BCUT2D eigenvalue weighted by Crippen LogP contribution is -2.30. The van der Waals surface area contributed by atoms with Gasteiger partial charge in [0.1, 0.15) is 0 Å². The number of nitrogens with one attached hydrogen (secondary N) is 1. The van der Waals surface area contributed by atoms with Crippen molar-refractivity contribution in [2.24, 2.45) is 5.73 Å². The van der Waals surface area contributed by atoms with Crippen LogP contribution in [0.1, 0.15) is 11.8 Å². The van der Waals surface area contributed by atoms with Crippen LogP contribution in [0.2, 0.25) is 0 Å². The van der Waals surface area contributed by atoms with E-state index in [1.165, 1.54) is 34.9 Å². The van der Waals surface area contributed by atoms with Crippen molar-refractivity contribution in [2.45, 2.75) is 27.4 Å². The molecule has 0 aliphatic carbocycles. The molecular weight excluding hydrogens is 360 g/mol. The Morgan fingerprint density at radius 2 is 2.18 bits per heavy atom. The molecule has 3 N–H and O–H groups in total. The predicted octanol–water partition coefficient (Wildman–Crippen LogP) is 1.97. The van der Waals surface area contributed by atoms with Crippen LogP contribution < -0.4 is 11.1 Å². The number of aromatic nitrogens is 2. The van der Waals surface area contributed by atoms with Gasteiger partial charge >= 0.3 is 0 Å². The molecule has 2 heterocycles. The number of hydrogen-bond donors (Lipinski definition) is 2. The number of carbonyl (C=O) groups excluding carboxylic acids is 2. The van der Waals surface area contributed by atoms with E-state index >= 15 is 0 Å². The summed E-state index contributed by atoms with van der Waals surface area (Å²) in [5.74, 6) is -0.258. The standard InChI is InChI=1S/C12H14N4O2S4/c1-7(10(18)14-5-8-3-2-4-19-8)21-12-16-15-11(22-12)20-6-9(13)17/h2-4,7H,5-6H2,1H3,(H2,13,17)(H,14,18). The zero-order valence-corrected chi connectivity index (χ0v) is 14.9. The lowest BCUT2D eigenvalue weighted by molar-refractivity contribution is -0.120. The van der Waals surface area contributed by atoms with Gasteiger partial charge in [0, 0.05) is 4.88 Å². The number of thioether (sulfide) groups is 2. The van der Waals surface area contributed by atoms with Crippen molar-refractivity contribution in [3.63, 3.8) is 0 Å². The second kappa shape index (κ2) is 8.51. The van der Waals surface area contributed by atoms with Crippen molar-refractivity contribution in [1.82, 2.24) is 15.5 Å². The molecule has 10 heteroatoms. The van der Waals surface area contributed by atoms with Gasteiger partial charge in [-0.25, -0.2) is 0 Å². The Balaban J connectivity index is 1.79. The number of thiophene rings is 1. The van der Waals surface area contributed by atoms with Gasteiger partial charge in [0.2, 0.25) is 11.8 Å². The largest absolute Gasteiger partial charge is 0.369 e. The number of primary amides is 1. The maximum absolute atomic E-state index is 12.0. The van der Waals surface area contributed by atoms with E-state index in [-0.39, 0.29) is 16.9 Å². The lowest BCUT2D eigenvalue weighted by atomic mass is 10.4. The Bertz CT molecular complexity index is 629. The average Bonchev–Trinajstić information content (AvgIpc) is 3.14. The fraction of sp³-hybridized carbons (Fsp3) is 0.333. The normalized spacial score (nSPS) is 12.0. The first kappa shape index (κ1) is 17.3. The third-order valence-corrected chi connectivity index (χ3v) is 6.53. The molecule has 1 unspecified atom stereocenters. The van der Waals surface area contributed by atoms with Gasteiger partial charge in [0.25, 0.3) is 0 Å². The molecule has 22 heavy (non-hydrogen) atoms. The molecule has 0 fully saturated rings. The summed E-state index contributed by atoms with van der Waals surface area (Å²) in [5.41, 5.74) is 5.08.